The summed E-state index contributed by atoms with van der Waals surface area (Å²) in [6, 6.07) is 2.86. The van der Waals surface area contributed by atoms with Gasteiger partial charge in [0, 0.05) is 13.6 Å². The van der Waals surface area contributed by atoms with Crippen molar-refractivity contribution in [1.82, 2.24) is 4.31 Å². The molecule has 0 radical (unpaired) electrons. The molecule has 96 valence electrons. The molecule has 5 nitrogen and oxygen atoms in total. The van der Waals surface area contributed by atoms with Crippen LogP contribution in [0.3, 0.4) is 0 Å². The van der Waals surface area contributed by atoms with Crippen molar-refractivity contribution < 1.29 is 17.9 Å². The molecule has 0 spiro atoms. The van der Waals surface area contributed by atoms with E-state index in [4.69, 9.17) is 9.52 Å². The van der Waals surface area contributed by atoms with Crippen LogP contribution in [0.15, 0.2) is 21.6 Å². The fourth-order valence-electron chi connectivity index (χ4n) is 1.87. The predicted octanol–water partition coefficient (Wildman–Crippen LogP) is 1.19. The lowest BCUT2D eigenvalue weighted by atomic mass is 9.86. The molecule has 1 N–H and O–H groups in total. The van der Waals surface area contributed by atoms with Gasteiger partial charge in [0.05, 0.1) is 0 Å². The minimum Gasteiger partial charge on any atom is -0.446 e. The second kappa shape index (κ2) is 4.80. The molecule has 1 fully saturated rings. The van der Waals surface area contributed by atoms with E-state index in [9.17, 15) is 8.42 Å². The Morgan fingerprint density at radius 3 is 2.65 bits per heavy atom. The van der Waals surface area contributed by atoms with Gasteiger partial charge in [-0.3, -0.25) is 0 Å². The Hall–Kier alpha value is -0.850. The zero-order valence-corrected chi connectivity index (χ0v) is 10.6. The normalized spacial score (nSPS) is 17.4. The van der Waals surface area contributed by atoms with Gasteiger partial charge in [-0.2, -0.15) is 4.31 Å². The van der Waals surface area contributed by atoms with Gasteiger partial charge >= 0.3 is 0 Å². The summed E-state index contributed by atoms with van der Waals surface area (Å²) in [5.74, 6) is 0.739. The molecule has 1 heterocycles. The molecular weight excluding hydrogens is 242 g/mol. The largest absolute Gasteiger partial charge is 0.446 e. The number of sulfonamides is 1. The maximum Gasteiger partial charge on any atom is 0.276 e. The summed E-state index contributed by atoms with van der Waals surface area (Å²) in [5, 5.41) is 8.75. The first-order chi connectivity index (χ1) is 8.04. The van der Waals surface area contributed by atoms with Crippen LogP contribution in [-0.2, 0) is 16.6 Å². The summed E-state index contributed by atoms with van der Waals surface area (Å²) in [7, 11) is -1.98. The first-order valence-corrected chi connectivity index (χ1v) is 7.14. The average molecular weight is 259 g/mol. The molecule has 1 aromatic rings. The molecular formula is C11H17NO4S. The molecule has 0 aliphatic heterocycles. The Morgan fingerprint density at radius 2 is 2.18 bits per heavy atom. The highest BCUT2D eigenvalue weighted by molar-refractivity contribution is 7.89. The molecule has 1 aliphatic carbocycles. The second-order valence-electron chi connectivity index (χ2n) is 4.46. The fraction of sp³-hybridized carbons (Fsp3) is 0.636. The molecule has 1 aliphatic rings. The van der Waals surface area contributed by atoms with Gasteiger partial charge in [0.2, 0.25) is 5.09 Å². The summed E-state index contributed by atoms with van der Waals surface area (Å²) in [5.41, 5.74) is 0. The van der Waals surface area contributed by atoms with Crippen molar-refractivity contribution in [2.24, 2.45) is 5.92 Å². The number of aliphatic hydroxyl groups is 1. The molecule has 0 unspecified atom stereocenters. The molecule has 2 rings (SSSR count). The monoisotopic (exact) mass is 259 g/mol. The highest BCUT2D eigenvalue weighted by Gasteiger charge is 2.28. The summed E-state index contributed by atoms with van der Waals surface area (Å²) < 4.78 is 30.6. The van der Waals surface area contributed by atoms with Gasteiger partial charge in [0.25, 0.3) is 10.0 Å². The molecule has 6 heteroatoms. The quantitative estimate of drug-likeness (QED) is 0.862. The molecule has 0 bridgehead atoms. The van der Waals surface area contributed by atoms with Crippen LogP contribution in [0.2, 0.25) is 0 Å². The highest BCUT2D eigenvalue weighted by Crippen LogP contribution is 2.28. The van der Waals surface area contributed by atoms with Crippen molar-refractivity contribution in [1.29, 1.82) is 0 Å². The van der Waals surface area contributed by atoms with Gasteiger partial charge in [-0.15, -0.1) is 0 Å². The number of rotatable bonds is 5. The number of hydrogen-bond acceptors (Lipinski definition) is 4. The third-order valence-electron chi connectivity index (χ3n) is 3.20. The summed E-state index contributed by atoms with van der Waals surface area (Å²) in [6.45, 7) is 0.249. The number of hydrogen-bond donors (Lipinski definition) is 1. The molecule has 1 saturated carbocycles. The van der Waals surface area contributed by atoms with E-state index < -0.39 is 10.0 Å². The van der Waals surface area contributed by atoms with Gasteiger partial charge in [0.15, 0.2) is 0 Å². The van der Waals surface area contributed by atoms with E-state index in [-0.39, 0.29) is 17.5 Å². The lowest BCUT2D eigenvalue weighted by Crippen LogP contribution is -2.34. The zero-order valence-electron chi connectivity index (χ0n) is 9.80. The maximum absolute atomic E-state index is 12.1. The lowest BCUT2D eigenvalue weighted by Gasteiger charge is -2.29. The van der Waals surface area contributed by atoms with Crippen LogP contribution < -0.4 is 0 Å². The van der Waals surface area contributed by atoms with E-state index in [0.29, 0.717) is 12.5 Å². The number of aliphatic hydroxyl groups excluding tert-OH is 1. The van der Waals surface area contributed by atoms with Crippen LogP contribution in [-0.4, -0.2) is 31.4 Å². The van der Waals surface area contributed by atoms with E-state index in [1.54, 1.807) is 7.05 Å². The van der Waals surface area contributed by atoms with Crippen molar-refractivity contribution in [3.05, 3.63) is 17.9 Å². The molecule has 0 saturated heterocycles. The van der Waals surface area contributed by atoms with Crippen molar-refractivity contribution in [2.45, 2.75) is 31.0 Å². The Balaban J connectivity index is 2.10. The van der Waals surface area contributed by atoms with Gasteiger partial charge < -0.3 is 9.52 Å². The SMILES string of the molecule is CN(CC1CCC1)S(=O)(=O)c1ccc(CO)o1. The van der Waals surface area contributed by atoms with Gasteiger partial charge in [0.1, 0.15) is 12.4 Å². The van der Waals surface area contributed by atoms with Crippen LogP contribution in [0.25, 0.3) is 0 Å². The number of furan rings is 1. The fourth-order valence-corrected chi connectivity index (χ4v) is 3.04. The zero-order chi connectivity index (χ0) is 12.5. The smallest absolute Gasteiger partial charge is 0.276 e. The van der Waals surface area contributed by atoms with Crippen LogP contribution in [0, 0.1) is 5.92 Å². The van der Waals surface area contributed by atoms with Crippen LogP contribution in [0.1, 0.15) is 25.0 Å². The van der Waals surface area contributed by atoms with Crippen molar-refractivity contribution in [3.8, 4) is 0 Å². The van der Waals surface area contributed by atoms with E-state index in [2.05, 4.69) is 0 Å². The Morgan fingerprint density at radius 1 is 1.47 bits per heavy atom. The Bertz CT molecular complexity index is 475. The summed E-state index contributed by atoms with van der Waals surface area (Å²) >= 11 is 0. The van der Waals surface area contributed by atoms with E-state index in [1.807, 2.05) is 0 Å². The van der Waals surface area contributed by atoms with Crippen molar-refractivity contribution >= 4 is 10.0 Å². The second-order valence-corrected chi connectivity index (χ2v) is 6.44. The third-order valence-corrected chi connectivity index (χ3v) is 4.90. The predicted molar refractivity (Wildman–Crippen MR) is 61.8 cm³/mol. The molecule has 1 aromatic heterocycles. The summed E-state index contributed by atoms with van der Waals surface area (Å²) in [4.78, 5) is 0. The first kappa shape index (κ1) is 12.6. The van der Waals surface area contributed by atoms with Crippen molar-refractivity contribution in [3.63, 3.8) is 0 Å². The highest BCUT2D eigenvalue weighted by atomic mass is 32.2. The Kier molecular flexibility index (Phi) is 3.56. The molecule has 0 amide bonds. The van der Waals surface area contributed by atoms with Crippen LogP contribution in [0.5, 0.6) is 0 Å². The third kappa shape index (κ3) is 2.53. The maximum atomic E-state index is 12.1. The van der Waals surface area contributed by atoms with Gasteiger partial charge in [-0.05, 0) is 30.9 Å². The minimum absolute atomic E-state index is 0.0941. The molecule has 17 heavy (non-hydrogen) atoms. The lowest BCUT2D eigenvalue weighted by molar-refractivity contribution is 0.232. The standard InChI is InChI=1S/C11H17NO4S/c1-12(7-9-3-2-4-9)17(14,15)11-6-5-10(8-13)16-11/h5-6,9,13H,2-4,7-8H2,1H3. The van der Waals surface area contributed by atoms with E-state index in [1.165, 1.54) is 22.9 Å². The minimum atomic E-state index is -3.54. The van der Waals surface area contributed by atoms with Crippen molar-refractivity contribution in [2.75, 3.05) is 13.6 Å². The van der Waals surface area contributed by atoms with Gasteiger partial charge in [-0.25, -0.2) is 8.42 Å². The number of nitrogens with zero attached hydrogens (tertiary/aromatic N) is 1. The molecule has 0 atom stereocenters. The van der Waals surface area contributed by atoms with Crippen LogP contribution in [0.4, 0.5) is 0 Å². The van der Waals surface area contributed by atoms with E-state index in [0.717, 1.165) is 12.8 Å². The van der Waals surface area contributed by atoms with E-state index >= 15 is 0 Å². The average Bonchev–Trinajstić information content (AvgIpc) is 2.71. The topological polar surface area (TPSA) is 70.8 Å². The Labute approximate surface area is 101 Å². The van der Waals surface area contributed by atoms with Crippen LogP contribution >= 0.6 is 0 Å². The first-order valence-electron chi connectivity index (χ1n) is 5.70. The summed E-state index contributed by atoms with van der Waals surface area (Å²) in [6.07, 6.45) is 3.38. The van der Waals surface area contributed by atoms with Gasteiger partial charge in [-0.1, -0.05) is 6.42 Å². The molecule has 0 aromatic carbocycles.